The summed E-state index contributed by atoms with van der Waals surface area (Å²) in [5.41, 5.74) is 1.15. The van der Waals surface area contributed by atoms with Gasteiger partial charge in [-0.25, -0.2) is 0 Å². The van der Waals surface area contributed by atoms with Crippen molar-refractivity contribution in [2.75, 3.05) is 21.2 Å². The van der Waals surface area contributed by atoms with Crippen LogP contribution < -0.4 is 10.1 Å². The quantitative estimate of drug-likeness (QED) is 0.866. The molecular weight excluding hydrogens is 228 g/mol. The molecule has 0 aromatic heterocycles. The molecule has 0 saturated heterocycles. The number of hydrogen-bond acceptors (Lipinski definition) is 3. The molecule has 1 aromatic carbocycles. The van der Waals surface area contributed by atoms with Gasteiger partial charge in [-0.3, -0.25) is 4.79 Å². The summed E-state index contributed by atoms with van der Waals surface area (Å²) in [7, 11) is 5.67. The van der Waals surface area contributed by atoms with E-state index in [2.05, 4.69) is 10.2 Å². The Balaban J connectivity index is 2.92. The van der Waals surface area contributed by atoms with E-state index >= 15 is 0 Å². The molecular formula is C14H22N2O2. The minimum atomic E-state index is -0.0112. The van der Waals surface area contributed by atoms with E-state index in [1.165, 1.54) is 6.92 Å². The number of carbonyl (C=O) groups is 1. The van der Waals surface area contributed by atoms with E-state index < -0.39 is 0 Å². The normalized spacial score (nSPS) is 14.1. The van der Waals surface area contributed by atoms with E-state index in [0.29, 0.717) is 0 Å². The molecule has 0 aliphatic heterocycles. The summed E-state index contributed by atoms with van der Waals surface area (Å²) in [6, 6.07) is 8.12. The lowest BCUT2D eigenvalue weighted by atomic mass is 9.99. The molecule has 1 N–H and O–H groups in total. The van der Waals surface area contributed by atoms with E-state index in [4.69, 9.17) is 4.74 Å². The van der Waals surface area contributed by atoms with E-state index in [-0.39, 0.29) is 18.0 Å². The number of nitrogens with one attached hydrogen (secondary N) is 1. The van der Waals surface area contributed by atoms with Crippen molar-refractivity contribution in [3.63, 3.8) is 0 Å². The van der Waals surface area contributed by atoms with Gasteiger partial charge in [0.15, 0.2) is 0 Å². The Morgan fingerprint density at radius 1 is 1.28 bits per heavy atom. The third-order valence-electron chi connectivity index (χ3n) is 2.92. The van der Waals surface area contributed by atoms with Crippen molar-refractivity contribution < 1.29 is 9.53 Å². The van der Waals surface area contributed by atoms with Crippen molar-refractivity contribution in [1.82, 2.24) is 10.2 Å². The monoisotopic (exact) mass is 250 g/mol. The minimum absolute atomic E-state index is 0.0112. The molecule has 1 aromatic rings. The molecule has 0 spiro atoms. The van der Waals surface area contributed by atoms with Crippen LogP contribution in [0.25, 0.3) is 0 Å². The van der Waals surface area contributed by atoms with E-state index in [1.807, 2.05) is 45.3 Å². The number of nitrogens with zero attached hydrogens (tertiary/aromatic N) is 1. The summed E-state index contributed by atoms with van der Waals surface area (Å²) < 4.78 is 5.15. The summed E-state index contributed by atoms with van der Waals surface area (Å²) in [6.07, 6.45) is 0. The fraction of sp³-hybridized carbons (Fsp3) is 0.500. The van der Waals surface area contributed by atoms with Gasteiger partial charge in [-0.05, 0) is 38.7 Å². The second kappa shape index (κ2) is 6.40. The molecule has 4 heteroatoms. The number of rotatable bonds is 5. The number of benzene rings is 1. The van der Waals surface area contributed by atoms with Crippen molar-refractivity contribution in [2.45, 2.75) is 25.9 Å². The van der Waals surface area contributed by atoms with Crippen molar-refractivity contribution in [3.05, 3.63) is 29.8 Å². The van der Waals surface area contributed by atoms with Crippen LogP contribution in [0.5, 0.6) is 5.75 Å². The van der Waals surface area contributed by atoms with Crippen LogP contribution >= 0.6 is 0 Å². The summed E-state index contributed by atoms with van der Waals surface area (Å²) in [5.74, 6) is 0.825. The van der Waals surface area contributed by atoms with Gasteiger partial charge in [-0.1, -0.05) is 12.1 Å². The molecule has 0 unspecified atom stereocenters. The summed E-state index contributed by atoms with van der Waals surface area (Å²) in [4.78, 5) is 13.3. The zero-order valence-electron chi connectivity index (χ0n) is 11.7. The topological polar surface area (TPSA) is 41.6 Å². The fourth-order valence-corrected chi connectivity index (χ4v) is 2.23. The molecule has 2 atom stereocenters. The zero-order valence-corrected chi connectivity index (χ0v) is 11.7. The lowest BCUT2D eigenvalue weighted by Crippen LogP contribution is -2.41. The summed E-state index contributed by atoms with van der Waals surface area (Å²) in [6.45, 7) is 3.55. The molecule has 1 rings (SSSR count). The van der Waals surface area contributed by atoms with Crippen molar-refractivity contribution in [3.8, 4) is 5.75 Å². The van der Waals surface area contributed by atoms with Crippen LogP contribution in [0.1, 0.15) is 25.5 Å². The van der Waals surface area contributed by atoms with Crippen molar-refractivity contribution >= 4 is 5.91 Å². The maximum atomic E-state index is 11.2. The van der Waals surface area contributed by atoms with Gasteiger partial charge in [0.1, 0.15) is 5.75 Å². The van der Waals surface area contributed by atoms with Gasteiger partial charge >= 0.3 is 0 Å². The maximum absolute atomic E-state index is 11.2. The Morgan fingerprint density at radius 2 is 1.83 bits per heavy atom. The molecule has 0 aliphatic rings. The number of amides is 1. The average molecular weight is 250 g/mol. The van der Waals surface area contributed by atoms with E-state index in [9.17, 15) is 4.79 Å². The molecule has 0 heterocycles. The molecule has 18 heavy (non-hydrogen) atoms. The number of carbonyl (C=O) groups excluding carboxylic acids is 1. The summed E-state index contributed by atoms with van der Waals surface area (Å²) >= 11 is 0. The number of likely N-dealkylation sites (N-methyl/N-ethyl adjacent to an activating group) is 1. The van der Waals surface area contributed by atoms with E-state index in [1.54, 1.807) is 7.11 Å². The first-order chi connectivity index (χ1) is 8.45. The number of hydrogen-bond donors (Lipinski definition) is 1. The predicted molar refractivity (Wildman–Crippen MR) is 72.7 cm³/mol. The zero-order chi connectivity index (χ0) is 13.7. The fourth-order valence-electron chi connectivity index (χ4n) is 2.23. The Hall–Kier alpha value is -1.55. The van der Waals surface area contributed by atoms with E-state index in [0.717, 1.165) is 11.3 Å². The molecule has 0 fully saturated rings. The first-order valence-electron chi connectivity index (χ1n) is 6.03. The van der Waals surface area contributed by atoms with Crippen LogP contribution in [-0.4, -0.2) is 38.1 Å². The highest BCUT2D eigenvalue weighted by Gasteiger charge is 2.22. The Morgan fingerprint density at radius 3 is 2.22 bits per heavy atom. The molecule has 1 amide bonds. The number of methoxy groups -OCH3 is 1. The first kappa shape index (κ1) is 14.5. The minimum Gasteiger partial charge on any atom is -0.497 e. The van der Waals surface area contributed by atoms with Crippen molar-refractivity contribution in [2.24, 2.45) is 0 Å². The molecule has 0 radical (unpaired) electrons. The second-order valence-corrected chi connectivity index (χ2v) is 4.67. The van der Waals surface area contributed by atoms with Crippen LogP contribution in [0, 0.1) is 0 Å². The predicted octanol–water partition coefficient (Wildman–Crippen LogP) is 1.82. The first-order valence-corrected chi connectivity index (χ1v) is 6.03. The maximum Gasteiger partial charge on any atom is 0.217 e. The third kappa shape index (κ3) is 3.74. The van der Waals surface area contributed by atoms with Gasteiger partial charge in [-0.2, -0.15) is 0 Å². The highest BCUT2D eigenvalue weighted by molar-refractivity contribution is 5.73. The standard InChI is InChI=1S/C14H22N2O2/c1-10(15-11(2)17)14(16(3)4)12-6-8-13(18-5)9-7-12/h6-10,14H,1-5H3,(H,15,17)/t10-,14+/m0/s1. The largest absolute Gasteiger partial charge is 0.497 e. The summed E-state index contributed by atoms with van der Waals surface area (Å²) in [5, 5.41) is 2.94. The van der Waals surface area contributed by atoms with Gasteiger partial charge in [-0.15, -0.1) is 0 Å². The molecule has 4 nitrogen and oxygen atoms in total. The lowest BCUT2D eigenvalue weighted by Gasteiger charge is -2.31. The Labute approximate surface area is 109 Å². The van der Waals surface area contributed by atoms with Gasteiger partial charge in [0, 0.05) is 13.0 Å². The highest BCUT2D eigenvalue weighted by atomic mass is 16.5. The van der Waals surface area contributed by atoms with Crippen LogP contribution in [0.2, 0.25) is 0 Å². The van der Waals surface area contributed by atoms with Crippen LogP contribution in [0.3, 0.4) is 0 Å². The van der Waals surface area contributed by atoms with Crippen molar-refractivity contribution in [1.29, 1.82) is 0 Å². The van der Waals surface area contributed by atoms with Gasteiger partial charge in [0.05, 0.1) is 13.2 Å². The van der Waals surface area contributed by atoms with Gasteiger partial charge in [0.25, 0.3) is 0 Å². The Bertz CT molecular complexity index is 387. The molecule has 0 aliphatic carbocycles. The number of ether oxygens (including phenoxy) is 1. The third-order valence-corrected chi connectivity index (χ3v) is 2.92. The SMILES string of the molecule is COc1ccc([C@@H]([C@H](C)NC(C)=O)N(C)C)cc1. The van der Waals surface area contributed by atoms with Crippen LogP contribution in [-0.2, 0) is 4.79 Å². The molecule has 0 saturated carbocycles. The lowest BCUT2D eigenvalue weighted by molar-refractivity contribution is -0.119. The van der Waals surface area contributed by atoms with Crippen LogP contribution in [0.4, 0.5) is 0 Å². The Kier molecular flexibility index (Phi) is 5.16. The average Bonchev–Trinajstić information content (AvgIpc) is 2.28. The second-order valence-electron chi connectivity index (χ2n) is 4.67. The highest BCUT2D eigenvalue weighted by Crippen LogP contribution is 2.24. The molecule has 100 valence electrons. The van der Waals surface area contributed by atoms with Gasteiger partial charge in [0.2, 0.25) is 5.91 Å². The van der Waals surface area contributed by atoms with Gasteiger partial charge < -0.3 is 15.0 Å². The molecule has 0 bridgehead atoms. The smallest absolute Gasteiger partial charge is 0.217 e. The van der Waals surface area contributed by atoms with Crippen LogP contribution in [0.15, 0.2) is 24.3 Å².